The number of rotatable bonds is 4. The summed E-state index contributed by atoms with van der Waals surface area (Å²) in [6, 6.07) is 4.16. The first-order valence-electron chi connectivity index (χ1n) is 6.48. The number of aromatic nitrogens is 5. The van der Waals surface area contributed by atoms with E-state index >= 15 is 0 Å². The number of carbonyl (C=O) groups excluding carboxylic acids is 1. The number of aromatic amines is 2. The van der Waals surface area contributed by atoms with Crippen LogP contribution in [0, 0.1) is 14.9 Å². The molecule has 10 nitrogen and oxygen atoms in total. The van der Waals surface area contributed by atoms with Crippen molar-refractivity contribution in [3.8, 4) is 0 Å². The van der Waals surface area contributed by atoms with Crippen LogP contribution in [0.1, 0.15) is 16.3 Å². The quantitative estimate of drug-likeness (QED) is 0.373. The molecule has 118 valence electrons. The summed E-state index contributed by atoms with van der Waals surface area (Å²) in [4.78, 5) is 22.6. The van der Waals surface area contributed by atoms with Gasteiger partial charge in [-0.25, -0.2) is 0 Å². The first-order chi connectivity index (χ1) is 11.0. The van der Waals surface area contributed by atoms with E-state index in [1.54, 1.807) is 11.6 Å². The van der Waals surface area contributed by atoms with Gasteiger partial charge in [-0.3, -0.25) is 25.1 Å². The third-order valence-electron chi connectivity index (χ3n) is 3.35. The predicted octanol–water partition coefficient (Wildman–Crippen LogP) is 1.19. The zero-order valence-corrected chi connectivity index (χ0v) is 12.7. The van der Waals surface area contributed by atoms with E-state index in [1.807, 2.05) is 0 Å². The van der Waals surface area contributed by atoms with E-state index in [-0.39, 0.29) is 17.9 Å². The molecule has 0 aliphatic rings. The zero-order valence-electron chi connectivity index (χ0n) is 11.9. The maximum absolute atomic E-state index is 12.3. The lowest BCUT2D eigenvalue weighted by molar-refractivity contribution is -0.384. The highest BCUT2D eigenvalue weighted by Gasteiger charge is 2.17. The Morgan fingerprint density at radius 2 is 2.22 bits per heavy atom. The maximum atomic E-state index is 12.3. The molecule has 0 spiro atoms. The summed E-state index contributed by atoms with van der Waals surface area (Å²) in [6.45, 7) is 0.145. The van der Waals surface area contributed by atoms with E-state index in [0.29, 0.717) is 21.5 Å². The number of non-ortho nitro benzene ring substituents is 1. The fourth-order valence-corrected chi connectivity index (χ4v) is 2.22. The van der Waals surface area contributed by atoms with Crippen LogP contribution in [-0.2, 0) is 13.6 Å². The van der Waals surface area contributed by atoms with Crippen LogP contribution in [0.25, 0.3) is 10.9 Å². The first kappa shape index (κ1) is 14.8. The molecule has 23 heavy (non-hydrogen) atoms. The molecule has 3 rings (SSSR count). The molecule has 0 aliphatic heterocycles. The Labute approximate surface area is 133 Å². The van der Waals surface area contributed by atoms with E-state index in [1.165, 1.54) is 18.2 Å². The van der Waals surface area contributed by atoms with Gasteiger partial charge in [0.05, 0.1) is 17.0 Å². The average molecular weight is 333 g/mol. The molecule has 2 heterocycles. The molecule has 0 saturated heterocycles. The molecule has 0 atom stereocenters. The van der Waals surface area contributed by atoms with Crippen molar-refractivity contribution in [1.82, 2.24) is 30.3 Å². The third kappa shape index (κ3) is 2.68. The SMILES string of the molecule is Cn1c(CNC(=O)c2n[nH]c3ccc([N+](=O)[O-])cc23)n[nH]c1=S. The van der Waals surface area contributed by atoms with Crippen LogP contribution in [-0.4, -0.2) is 35.8 Å². The molecular formula is C12H11N7O3S. The van der Waals surface area contributed by atoms with Gasteiger partial charge in [0, 0.05) is 24.6 Å². The molecule has 0 bridgehead atoms. The van der Waals surface area contributed by atoms with Gasteiger partial charge < -0.3 is 9.88 Å². The molecule has 11 heteroatoms. The number of nitrogens with zero attached hydrogens (tertiary/aromatic N) is 4. The van der Waals surface area contributed by atoms with Gasteiger partial charge >= 0.3 is 0 Å². The van der Waals surface area contributed by atoms with Crippen LogP contribution < -0.4 is 5.32 Å². The Morgan fingerprint density at radius 1 is 1.43 bits per heavy atom. The highest BCUT2D eigenvalue weighted by atomic mass is 32.1. The Balaban J connectivity index is 1.86. The van der Waals surface area contributed by atoms with Gasteiger partial charge in [-0.05, 0) is 18.3 Å². The number of hydrogen-bond acceptors (Lipinski definition) is 6. The molecule has 0 radical (unpaired) electrons. The van der Waals surface area contributed by atoms with Crippen molar-refractivity contribution in [3.05, 3.63) is 44.6 Å². The summed E-state index contributed by atoms with van der Waals surface area (Å²) in [5.41, 5.74) is 0.516. The number of nitrogens with one attached hydrogen (secondary N) is 3. The van der Waals surface area contributed by atoms with Crippen molar-refractivity contribution in [1.29, 1.82) is 0 Å². The minimum atomic E-state index is -0.525. The van der Waals surface area contributed by atoms with E-state index < -0.39 is 10.8 Å². The van der Waals surface area contributed by atoms with Gasteiger partial charge in [0.2, 0.25) is 0 Å². The average Bonchev–Trinajstić information content (AvgIpc) is 3.09. The Kier molecular flexibility index (Phi) is 3.62. The minimum Gasteiger partial charge on any atom is -0.343 e. The summed E-state index contributed by atoms with van der Waals surface area (Å²) in [5.74, 6) is 0.0832. The van der Waals surface area contributed by atoms with E-state index in [0.717, 1.165) is 0 Å². The molecule has 2 aromatic heterocycles. The Bertz CT molecular complexity index is 971. The van der Waals surface area contributed by atoms with E-state index in [2.05, 4.69) is 25.7 Å². The number of hydrogen-bond donors (Lipinski definition) is 3. The van der Waals surface area contributed by atoms with Gasteiger partial charge in [0.1, 0.15) is 0 Å². The van der Waals surface area contributed by atoms with E-state index in [9.17, 15) is 14.9 Å². The molecule has 3 aromatic rings. The lowest BCUT2D eigenvalue weighted by atomic mass is 10.2. The number of amides is 1. The molecule has 3 N–H and O–H groups in total. The van der Waals surface area contributed by atoms with Crippen LogP contribution in [0.4, 0.5) is 5.69 Å². The van der Waals surface area contributed by atoms with E-state index in [4.69, 9.17) is 12.2 Å². The predicted molar refractivity (Wildman–Crippen MR) is 82.3 cm³/mol. The van der Waals surface area contributed by atoms with Gasteiger partial charge in [-0.15, -0.1) is 0 Å². The number of fused-ring (bicyclic) bond motifs is 1. The van der Waals surface area contributed by atoms with Crippen molar-refractivity contribution in [2.24, 2.45) is 7.05 Å². The monoisotopic (exact) mass is 333 g/mol. The lowest BCUT2D eigenvalue weighted by Gasteiger charge is -2.03. The molecule has 0 saturated carbocycles. The zero-order chi connectivity index (χ0) is 16.6. The fourth-order valence-electron chi connectivity index (χ4n) is 2.07. The van der Waals surface area contributed by atoms with Crippen LogP contribution in [0.15, 0.2) is 18.2 Å². The van der Waals surface area contributed by atoms with Gasteiger partial charge in [0.15, 0.2) is 16.3 Å². The second-order valence-electron chi connectivity index (χ2n) is 4.75. The molecule has 1 amide bonds. The number of carbonyl (C=O) groups is 1. The first-order valence-corrected chi connectivity index (χ1v) is 6.89. The summed E-state index contributed by atoms with van der Waals surface area (Å²) in [5, 5.41) is 27.1. The molecule has 0 unspecified atom stereocenters. The van der Waals surface area contributed by atoms with Crippen LogP contribution >= 0.6 is 12.2 Å². The van der Waals surface area contributed by atoms with Crippen molar-refractivity contribution in [3.63, 3.8) is 0 Å². The van der Waals surface area contributed by atoms with Crippen molar-refractivity contribution in [2.45, 2.75) is 6.54 Å². The van der Waals surface area contributed by atoms with Crippen molar-refractivity contribution in [2.75, 3.05) is 0 Å². The topological polar surface area (TPSA) is 135 Å². The summed E-state index contributed by atoms with van der Waals surface area (Å²) < 4.78 is 2.07. The normalized spacial score (nSPS) is 10.8. The minimum absolute atomic E-state index is 0.0838. The molecule has 0 fully saturated rings. The van der Waals surface area contributed by atoms with Gasteiger partial charge in [-0.2, -0.15) is 10.2 Å². The summed E-state index contributed by atoms with van der Waals surface area (Å²) in [6.07, 6.45) is 0. The third-order valence-corrected chi connectivity index (χ3v) is 3.72. The molecule has 0 aliphatic carbocycles. The van der Waals surface area contributed by atoms with Crippen LogP contribution in [0.5, 0.6) is 0 Å². The second-order valence-corrected chi connectivity index (χ2v) is 5.13. The lowest BCUT2D eigenvalue weighted by Crippen LogP contribution is -2.25. The highest BCUT2D eigenvalue weighted by Crippen LogP contribution is 2.22. The van der Waals surface area contributed by atoms with Crippen molar-refractivity contribution >= 4 is 34.7 Å². The number of benzene rings is 1. The van der Waals surface area contributed by atoms with Crippen molar-refractivity contribution < 1.29 is 9.72 Å². The van der Waals surface area contributed by atoms with Gasteiger partial charge in [0.25, 0.3) is 11.6 Å². The standard InChI is InChI=1S/C12H11N7O3S/c1-18-9(15-17-12(18)23)5-13-11(20)10-7-4-6(19(21)22)2-3-8(7)14-16-10/h2-4H,5H2,1H3,(H,13,20)(H,14,16)(H,17,23). The Hall–Kier alpha value is -3.08. The number of H-pyrrole nitrogens is 2. The fraction of sp³-hybridized carbons (Fsp3) is 0.167. The van der Waals surface area contributed by atoms with Gasteiger partial charge in [-0.1, -0.05) is 0 Å². The number of nitro benzene ring substituents is 1. The smallest absolute Gasteiger partial charge is 0.272 e. The van der Waals surface area contributed by atoms with Crippen LogP contribution in [0.3, 0.4) is 0 Å². The summed E-state index contributed by atoms with van der Waals surface area (Å²) in [7, 11) is 1.72. The maximum Gasteiger partial charge on any atom is 0.272 e. The summed E-state index contributed by atoms with van der Waals surface area (Å²) >= 11 is 4.99. The molecule has 1 aromatic carbocycles. The largest absolute Gasteiger partial charge is 0.343 e. The highest BCUT2D eigenvalue weighted by molar-refractivity contribution is 7.71. The Morgan fingerprint density at radius 3 is 2.87 bits per heavy atom. The second kappa shape index (κ2) is 5.61. The van der Waals surface area contributed by atoms with Crippen LogP contribution in [0.2, 0.25) is 0 Å². The number of nitro groups is 1. The molecular weight excluding hydrogens is 322 g/mol.